The lowest BCUT2D eigenvalue weighted by Crippen LogP contribution is -2.41. The van der Waals surface area contributed by atoms with E-state index in [4.69, 9.17) is 11.6 Å². The number of nitrogens with zero attached hydrogens (tertiary/aromatic N) is 1. The molecule has 0 saturated heterocycles. The van der Waals surface area contributed by atoms with Gasteiger partial charge in [0.15, 0.2) is 0 Å². The lowest BCUT2D eigenvalue weighted by Gasteiger charge is -2.45. The van der Waals surface area contributed by atoms with E-state index in [1.807, 2.05) is 4.90 Å². The number of allylic oxidation sites excluding steroid dienone is 2. The minimum absolute atomic E-state index is 0.0759. The highest BCUT2D eigenvalue weighted by molar-refractivity contribution is 6.27. The molecule has 0 bridgehead atoms. The molecule has 0 unspecified atom stereocenters. The summed E-state index contributed by atoms with van der Waals surface area (Å²) in [6.45, 7) is 11.4. The van der Waals surface area contributed by atoms with Gasteiger partial charge in [0.1, 0.15) is 5.88 Å². The van der Waals surface area contributed by atoms with Crippen molar-refractivity contribution < 1.29 is 4.79 Å². The highest BCUT2D eigenvalue weighted by Crippen LogP contribution is 2.51. The van der Waals surface area contributed by atoms with Gasteiger partial charge in [-0.25, -0.2) is 0 Å². The third-order valence-corrected chi connectivity index (χ3v) is 4.83. The summed E-state index contributed by atoms with van der Waals surface area (Å²) in [4.78, 5) is 14.2. The Morgan fingerprint density at radius 3 is 2.37 bits per heavy atom. The largest absolute Gasteiger partial charge is 0.312 e. The Kier molecular flexibility index (Phi) is 3.77. The van der Waals surface area contributed by atoms with Crippen LogP contribution in [0, 0.1) is 10.8 Å². The molecule has 0 aliphatic heterocycles. The summed E-state index contributed by atoms with van der Waals surface area (Å²) in [5, 5.41) is 0. The zero-order valence-corrected chi connectivity index (χ0v) is 13.6. The minimum atomic E-state index is 0.0759. The van der Waals surface area contributed by atoms with E-state index < -0.39 is 0 Å². The number of hydrogen-bond acceptors (Lipinski definition) is 1. The van der Waals surface area contributed by atoms with Crippen LogP contribution in [0.1, 0.15) is 60.3 Å². The van der Waals surface area contributed by atoms with Crippen molar-refractivity contribution in [2.45, 2.75) is 66.3 Å². The Hall–Kier alpha value is -0.500. The quantitative estimate of drug-likeness (QED) is 0.706. The fraction of sp³-hybridized carbons (Fsp3) is 0.812. The molecule has 0 aromatic heterocycles. The Morgan fingerprint density at radius 2 is 1.89 bits per heavy atom. The van der Waals surface area contributed by atoms with Crippen molar-refractivity contribution in [2.75, 3.05) is 5.88 Å². The number of amides is 1. The second-order valence-electron chi connectivity index (χ2n) is 7.60. The van der Waals surface area contributed by atoms with Crippen molar-refractivity contribution in [1.82, 2.24) is 4.90 Å². The zero-order chi connectivity index (χ0) is 14.4. The lowest BCUT2D eigenvalue weighted by atomic mass is 9.64. The predicted octanol–water partition coefficient (Wildman–Crippen LogP) is 4.34. The van der Waals surface area contributed by atoms with E-state index in [2.05, 4.69) is 34.6 Å². The fourth-order valence-electron chi connectivity index (χ4n) is 3.61. The molecule has 2 rings (SSSR count). The molecule has 19 heavy (non-hydrogen) atoms. The Bertz CT molecular complexity index is 418. The van der Waals surface area contributed by atoms with Crippen molar-refractivity contribution in [1.29, 1.82) is 0 Å². The van der Waals surface area contributed by atoms with Crippen LogP contribution in [0.3, 0.4) is 0 Å². The molecule has 1 saturated carbocycles. The second-order valence-corrected chi connectivity index (χ2v) is 7.87. The molecule has 0 aromatic rings. The Balaban J connectivity index is 2.41. The maximum Gasteiger partial charge on any atom is 0.241 e. The molecule has 2 nitrogen and oxygen atoms in total. The first-order chi connectivity index (χ1) is 8.68. The van der Waals surface area contributed by atoms with Gasteiger partial charge in [-0.05, 0) is 49.0 Å². The zero-order valence-electron chi connectivity index (χ0n) is 12.8. The van der Waals surface area contributed by atoms with Gasteiger partial charge >= 0.3 is 0 Å². The fourth-order valence-corrected chi connectivity index (χ4v) is 3.73. The molecule has 0 spiro atoms. The predicted molar refractivity (Wildman–Crippen MR) is 80.1 cm³/mol. The summed E-state index contributed by atoms with van der Waals surface area (Å²) >= 11 is 5.81. The molecule has 1 amide bonds. The van der Waals surface area contributed by atoms with Gasteiger partial charge in [-0.1, -0.05) is 27.7 Å². The molecule has 2 aliphatic rings. The van der Waals surface area contributed by atoms with Crippen molar-refractivity contribution in [3.8, 4) is 0 Å². The number of carbonyl (C=O) groups is 1. The first-order valence-corrected chi connectivity index (χ1v) is 7.80. The van der Waals surface area contributed by atoms with Gasteiger partial charge in [0.2, 0.25) is 5.91 Å². The van der Waals surface area contributed by atoms with Gasteiger partial charge in [0.05, 0.1) is 0 Å². The first kappa shape index (κ1) is 14.9. The van der Waals surface area contributed by atoms with E-state index in [1.165, 1.54) is 17.7 Å². The molecule has 1 fully saturated rings. The number of rotatable bonds is 3. The summed E-state index contributed by atoms with van der Waals surface area (Å²) in [6.07, 6.45) is 4.41. The van der Waals surface area contributed by atoms with Gasteiger partial charge in [-0.2, -0.15) is 0 Å². The van der Waals surface area contributed by atoms with Crippen molar-refractivity contribution in [2.24, 2.45) is 10.8 Å². The van der Waals surface area contributed by atoms with Crippen molar-refractivity contribution in [3.63, 3.8) is 0 Å². The molecule has 2 aliphatic carbocycles. The first-order valence-electron chi connectivity index (χ1n) is 7.26. The molecular formula is C16H26ClNO. The van der Waals surface area contributed by atoms with E-state index in [1.54, 1.807) is 0 Å². The van der Waals surface area contributed by atoms with Crippen LogP contribution in [0.4, 0.5) is 0 Å². The van der Waals surface area contributed by atoms with Gasteiger partial charge in [-0.15, -0.1) is 11.6 Å². The van der Waals surface area contributed by atoms with Crippen LogP contribution in [-0.4, -0.2) is 22.7 Å². The van der Waals surface area contributed by atoms with Crippen LogP contribution in [0.15, 0.2) is 11.3 Å². The van der Waals surface area contributed by atoms with Crippen LogP contribution < -0.4 is 0 Å². The smallest absolute Gasteiger partial charge is 0.241 e. The maximum absolute atomic E-state index is 12.2. The van der Waals surface area contributed by atoms with E-state index in [-0.39, 0.29) is 22.6 Å². The van der Waals surface area contributed by atoms with E-state index >= 15 is 0 Å². The summed E-state index contributed by atoms with van der Waals surface area (Å²) < 4.78 is 0. The molecule has 0 heterocycles. The van der Waals surface area contributed by atoms with Crippen LogP contribution in [-0.2, 0) is 4.79 Å². The third kappa shape index (κ3) is 2.99. The number of carbonyl (C=O) groups excluding carboxylic acids is 1. The van der Waals surface area contributed by atoms with E-state index in [0.717, 1.165) is 19.3 Å². The van der Waals surface area contributed by atoms with Crippen LogP contribution in [0.25, 0.3) is 0 Å². The monoisotopic (exact) mass is 283 g/mol. The molecule has 0 N–H and O–H groups in total. The molecule has 0 aromatic carbocycles. The van der Waals surface area contributed by atoms with Gasteiger partial charge in [-0.3, -0.25) is 4.79 Å². The highest BCUT2D eigenvalue weighted by Gasteiger charge is 2.43. The van der Waals surface area contributed by atoms with Gasteiger partial charge < -0.3 is 4.90 Å². The van der Waals surface area contributed by atoms with Gasteiger partial charge in [0.25, 0.3) is 0 Å². The summed E-state index contributed by atoms with van der Waals surface area (Å²) in [7, 11) is 0. The minimum Gasteiger partial charge on any atom is -0.312 e. The van der Waals surface area contributed by atoms with Crippen molar-refractivity contribution >= 4 is 17.5 Å². The molecule has 108 valence electrons. The molecule has 3 heteroatoms. The van der Waals surface area contributed by atoms with Crippen LogP contribution in [0.5, 0.6) is 0 Å². The molecule has 0 atom stereocenters. The molecule has 0 radical (unpaired) electrons. The Labute approximate surface area is 122 Å². The lowest BCUT2D eigenvalue weighted by molar-refractivity contribution is -0.127. The summed E-state index contributed by atoms with van der Waals surface area (Å²) in [5.41, 5.74) is 3.03. The third-order valence-electron chi connectivity index (χ3n) is 4.60. The van der Waals surface area contributed by atoms with Crippen LogP contribution in [0.2, 0.25) is 0 Å². The standard InChI is InChI=1S/C16H26ClNO/c1-11-13(8-15(2,3)10-16(11,4)5)18(12-6-7-12)14(19)9-17/h12H,6-10H2,1-5H3. The summed E-state index contributed by atoms with van der Waals surface area (Å²) in [6, 6.07) is 0.404. The Morgan fingerprint density at radius 1 is 1.32 bits per heavy atom. The second kappa shape index (κ2) is 4.80. The average Bonchev–Trinajstić information content (AvgIpc) is 3.07. The van der Waals surface area contributed by atoms with Crippen molar-refractivity contribution in [3.05, 3.63) is 11.3 Å². The maximum atomic E-state index is 12.2. The number of alkyl halides is 1. The highest BCUT2D eigenvalue weighted by atomic mass is 35.5. The molecular weight excluding hydrogens is 258 g/mol. The summed E-state index contributed by atoms with van der Waals surface area (Å²) in [5.74, 6) is 0.167. The normalized spacial score (nSPS) is 25.4. The SMILES string of the molecule is CC1=C(N(C(=O)CCl)C2CC2)CC(C)(C)CC1(C)C. The van der Waals surface area contributed by atoms with Gasteiger partial charge in [0, 0.05) is 11.7 Å². The van der Waals surface area contributed by atoms with E-state index in [9.17, 15) is 4.79 Å². The average molecular weight is 284 g/mol. The number of halogens is 1. The van der Waals surface area contributed by atoms with Crippen LogP contribution >= 0.6 is 11.6 Å². The van der Waals surface area contributed by atoms with E-state index in [0.29, 0.717) is 6.04 Å². The topological polar surface area (TPSA) is 20.3 Å². The number of hydrogen-bond donors (Lipinski definition) is 0.